The number of hydrogen-bond donors (Lipinski definition) is 1. The van der Waals surface area contributed by atoms with Crippen molar-refractivity contribution >= 4 is 5.91 Å². The molecule has 1 saturated carbocycles. The predicted octanol–water partition coefficient (Wildman–Crippen LogP) is 2.69. The summed E-state index contributed by atoms with van der Waals surface area (Å²) in [6.07, 6.45) is -1.98. The van der Waals surface area contributed by atoms with Crippen LogP contribution in [0.3, 0.4) is 0 Å². The third kappa shape index (κ3) is 3.52. The van der Waals surface area contributed by atoms with E-state index in [0.717, 1.165) is 25.3 Å². The monoisotopic (exact) mass is 289 g/mol. The fourth-order valence-electron chi connectivity index (χ4n) is 1.96. The molecule has 1 amide bonds. The number of nitrogens with one attached hydrogen (secondary N) is 1. The van der Waals surface area contributed by atoms with Crippen molar-refractivity contribution < 1.29 is 18.0 Å². The Bertz CT molecular complexity index is 492. The van der Waals surface area contributed by atoms with E-state index in [1.54, 1.807) is 0 Å². The molecular formula is C13H18F3N3O. The first-order valence-corrected chi connectivity index (χ1v) is 6.75. The van der Waals surface area contributed by atoms with Crippen LogP contribution in [0.5, 0.6) is 0 Å². The predicted molar refractivity (Wildman–Crippen MR) is 67.1 cm³/mol. The molecule has 1 heterocycles. The van der Waals surface area contributed by atoms with Crippen LogP contribution >= 0.6 is 0 Å². The van der Waals surface area contributed by atoms with Crippen LogP contribution in [0.4, 0.5) is 13.2 Å². The molecule has 0 unspecified atom stereocenters. The Morgan fingerprint density at radius 2 is 2.20 bits per heavy atom. The Labute approximate surface area is 115 Å². The zero-order chi connectivity index (χ0) is 14.9. The maximum absolute atomic E-state index is 12.7. The van der Waals surface area contributed by atoms with Crippen LogP contribution in [0.1, 0.15) is 50.4 Å². The molecule has 1 aromatic rings. The van der Waals surface area contributed by atoms with Crippen LogP contribution < -0.4 is 5.32 Å². The largest absolute Gasteiger partial charge is 0.435 e. The molecule has 0 aromatic carbocycles. The highest BCUT2D eigenvalue weighted by Crippen LogP contribution is 2.42. The molecule has 0 radical (unpaired) electrons. The zero-order valence-electron chi connectivity index (χ0n) is 11.5. The van der Waals surface area contributed by atoms with Crippen molar-refractivity contribution in [2.75, 3.05) is 0 Å². The van der Waals surface area contributed by atoms with E-state index in [1.807, 2.05) is 13.8 Å². The molecule has 1 atom stereocenters. The number of aromatic nitrogens is 2. The summed E-state index contributed by atoms with van der Waals surface area (Å²) in [7, 11) is 0. The number of amides is 1. The molecular weight excluding hydrogens is 271 g/mol. The minimum Gasteiger partial charge on any atom is -0.352 e. The Kier molecular flexibility index (Phi) is 4.06. The molecule has 1 aliphatic rings. The quantitative estimate of drug-likeness (QED) is 0.906. The summed E-state index contributed by atoms with van der Waals surface area (Å²) in [6.45, 7) is 3.62. The van der Waals surface area contributed by atoms with Crippen LogP contribution in [0.2, 0.25) is 0 Å². The first kappa shape index (κ1) is 14.9. The van der Waals surface area contributed by atoms with Gasteiger partial charge in [-0.25, -0.2) is 0 Å². The van der Waals surface area contributed by atoms with Crippen molar-refractivity contribution in [3.05, 3.63) is 17.5 Å². The first-order valence-electron chi connectivity index (χ1n) is 6.75. The maximum atomic E-state index is 12.7. The third-order valence-corrected chi connectivity index (χ3v) is 3.41. The summed E-state index contributed by atoms with van der Waals surface area (Å²) in [5.74, 6) is -0.201. The Balaban J connectivity index is 2.14. The highest BCUT2D eigenvalue weighted by Gasteiger charge is 2.38. The minimum absolute atomic E-state index is 0.00419. The van der Waals surface area contributed by atoms with Gasteiger partial charge in [0.2, 0.25) is 5.91 Å². The summed E-state index contributed by atoms with van der Waals surface area (Å²) < 4.78 is 39.3. The molecule has 1 N–H and O–H groups in total. The lowest BCUT2D eigenvalue weighted by molar-refractivity contribution is -0.141. The average Bonchev–Trinajstić information content (AvgIpc) is 3.09. The number of nitrogens with zero attached hydrogens (tertiary/aromatic N) is 2. The third-order valence-electron chi connectivity index (χ3n) is 3.41. The number of rotatable bonds is 5. The van der Waals surface area contributed by atoms with Crippen LogP contribution in [0.15, 0.2) is 6.07 Å². The van der Waals surface area contributed by atoms with Crippen LogP contribution in [0.25, 0.3) is 0 Å². The van der Waals surface area contributed by atoms with E-state index in [9.17, 15) is 18.0 Å². The fraction of sp³-hybridized carbons (Fsp3) is 0.692. The molecule has 1 aliphatic carbocycles. The van der Waals surface area contributed by atoms with Crippen LogP contribution in [0, 0.1) is 0 Å². The molecule has 0 bridgehead atoms. The second-order valence-corrected chi connectivity index (χ2v) is 5.26. The average molecular weight is 289 g/mol. The van der Waals surface area contributed by atoms with Crippen molar-refractivity contribution in [1.29, 1.82) is 0 Å². The van der Waals surface area contributed by atoms with Gasteiger partial charge in [-0.1, -0.05) is 6.92 Å². The number of hydrogen-bond acceptors (Lipinski definition) is 2. The van der Waals surface area contributed by atoms with Gasteiger partial charge in [0.25, 0.3) is 0 Å². The lowest BCUT2D eigenvalue weighted by Gasteiger charge is -2.12. The lowest BCUT2D eigenvalue weighted by Crippen LogP contribution is -2.35. The van der Waals surface area contributed by atoms with E-state index in [4.69, 9.17) is 0 Å². The van der Waals surface area contributed by atoms with E-state index in [2.05, 4.69) is 10.4 Å². The van der Waals surface area contributed by atoms with Gasteiger partial charge in [0.1, 0.15) is 6.54 Å². The van der Waals surface area contributed by atoms with Crippen molar-refractivity contribution in [2.45, 2.75) is 57.8 Å². The van der Waals surface area contributed by atoms with Crippen molar-refractivity contribution in [3.8, 4) is 0 Å². The van der Waals surface area contributed by atoms with E-state index in [1.165, 1.54) is 4.68 Å². The van der Waals surface area contributed by atoms with Crippen molar-refractivity contribution in [1.82, 2.24) is 15.1 Å². The van der Waals surface area contributed by atoms with Gasteiger partial charge in [0.15, 0.2) is 5.69 Å². The highest BCUT2D eigenvalue weighted by molar-refractivity contribution is 5.76. The molecule has 7 heteroatoms. The van der Waals surface area contributed by atoms with E-state index < -0.39 is 11.9 Å². The Hall–Kier alpha value is -1.53. The molecule has 20 heavy (non-hydrogen) atoms. The molecule has 0 saturated heterocycles. The van der Waals surface area contributed by atoms with Crippen LogP contribution in [-0.4, -0.2) is 21.7 Å². The number of halogens is 3. The van der Waals surface area contributed by atoms with Gasteiger partial charge in [-0.3, -0.25) is 9.48 Å². The van der Waals surface area contributed by atoms with Crippen LogP contribution in [-0.2, 0) is 17.5 Å². The maximum Gasteiger partial charge on any atom is 0.435 e. The second kappa shape index (κ2) is 5.46. The fourth-order valence-corrected chi connectivity index (χ4v) is 1.96. The van der Waals surface area contributed by atoms with E-state index >= 15 is 0 Å². The number of alkyl halides is 3. The first-order chi connectivity index (χ1) is 9.31. The van der Waals surface area contributed by atoms with Gasteiger partial charge >= 0.3 is 6.18 Å². The second-order valence-electron chi connectivity index (χ2n) is 5.26. The molecule has 112 valence electrons. The smallest absolute Gasteiger partial charge is 0.352 e. The molecule has 0 aliphatic heterocycles. The normalized spacial score (nSPS) is 17.1. The highest BCUT2D eigenvalue weighted by atomic mass is 19.4. The standard InChI is InChI=1S/C13H18F3N3O/c1-3-8(2)17-12(20)7-19-10(9-4-5-9)6-11(18-19)13(14,15)16/h6,8-9H,3-5,7H2,1-2H3,(H,17,20)/t8-/m1/s1. The Morgan fingerprint density at radius 1 is 1.55 bits per heavy atom. The Morgan fingerprint density at radius 3 is 2.70 bits per heavy atom. The van der Waals surface area contributed by atoms with E-state index in [-0.39, 0.29) is 24.4 Å². The summed E-state index contributed by atoms with van der Waals surface area (Å²) in [6, 6.07) is 1.07. The number of carbonyl (C=O) groups excluding carboxylic acids is 1. The minimum atomic E-state index is -4.47. The van der Waals surface area contributed by atoms with E-state index in [0.29, 0.717) is 5.69 Å². The van der Waals surface area contributed by atoms with Gasteiger partial charge < -0.3 is 5.32 Å². The van der Waals surface area contributed by atoms with Gasteiger partial charge in [-0.05, 0) is 32.3 Å². The molecule has 1 fully saturated rings. The van der Waals surface area contributed by atoms with Gasteiger partial charge in [-0.2, -0.15) is 18.3 Å². The topological polar surface area (TPSA) is 46.9 Å². The molecule has 1 aromatic heterocycles. The molecule has 2 rings (SSSR count). The summed E-state index contributed by atoms with van der Waals surface area (Å²) in [5, 5.41) is 6.28. The van der Waals surface area contributed by atoms with Gasteiger partial charge in [0, 0.05) is 17.7 Å². The molecule has 0 spiro atoms. The van der Waals surface area contributed by atoms with Crippen molar-refractivity contribution in [2.24, 2.45) is 0 Å². The van der Waals surface area contributed by atoms with Gasteiger partial charge in [-0.15, -0.1) is 0 Å². The number of carbonyl (C=O) groups is 1. The van der Waals surface area contributed by atoms with Gasteiger partial charge in [0.05, 0.1) is 0 Å². The summed E-state index contributed by atoms with van der Waals surface area (Å²) in [4.78, 5) is 11.8. The molecule has 4 nitrogen and oxygen atoms in total. The van der Waals surface area contributed by atoms with Crippen molar-refractivity contribution in [3.63, 3.8) is 0 Å². The SMILES string of the molecule is CC[C@@H](C)NC(=O)Cn1nc(C(F)(F)F)cc1C1CC1. The summed E-state index contributed by atoms with van der Waals surface area (Å²) >= 11 is 0. The zero-order valence-corrected chi connectivity index (χ0v) is 11.5. The summed E-state index contributed by atoms with van der Waals surface area (Å²) in [5.41, 5.74) is -0.410. The lowest BCUT2D eigenvalue weighted by atomic mass is 10.2.